The molecule has 1 saturated carbocycles. The Labute approximate surface area is 111 Å². The first-order valence-corrected chi connectivity index (χ1v) is 6.72. The van der Waals surface area contributed by atoms with E-state index in [4.69, 9.17) is 4.52 Å². The van der Waals surface area contributed by atoms with Crippen LogP contribution in [0.1, 0.15) is 48.9 Å². The van der Waals surface area contributed by atoms with Crippen molar-refractivity contribution in [1.29, 1.82) is 0 Å². The molecule has 0 aromatic carbocycles. The minimum Gasteiger partial charge on any atom is -0.392 e. The van der Waals surface area contributed by atoms with Gasteiger partial charge in [-0.05, 0) is 30.5 Å². The largest absolute Gasteiger partial charge is 0.392 e. The maximum atomic E-state index is 9.99. The molecule has 5 heteroatoms. The standard InChI is InChI=1S/C14H17N3O2/c18-12-4-2-1-3-11(12)14-16-13(17-19-14)9-10-5-7-15-8-6-10/h5-8,11-12,18H,1-4,9H2. The van der Waals surface area contributed by atoms with E-state index in [9.17, 15) is 5.11 Å². The molecule has 0 bridgehead atoms. The van der Waals surface area contributed by atoms with Crippen molar-refractivity contribution in [2.75, 3.05) is 0 Å². The molecule has 2 aromatic heterocycles. The van der Waals surface area contributed by atoms with Crippen molar-refractivity contribution in [3.8, 4) is 0 Å². The van der Waals surface area contributed by atoms with Crippen molar-refractivity contribution in [1.82, 2.24) is 15.1 Å². The number of aliphatic hydroxyl groups excluding tert-OH is 1. The zero-order valence-electron chi connectivity index (χ0n) is 10.7. The molecule has 100 valence electrons. The topological polar surface area (TPSA) is 72.0 Å². The molecule has 0 spiro atoms. The smallest absolute Gasteiger partial charge is 0.232 e. The number of aromatic nitrogens is 3. The Morgan fingerprint density at radius 1 is 1.21 bits per heavy atom. The fourth-order valence-electron chi connectivity index (χ4n) is 2.57. The van der Waals surface area contributed by atoms with Crippen molar-refractivity contribution >= 4 is 0 Å². The van der Waals surface area contributed by atoms with Crippen LogP contribution < -0.4 is 0 Å². The fourth-order valence-corrected chi connectivity index (χ4v) is 2.57. The Morgan fingerprint density at radius 3 is 2.79 bits per heavy atom. The lowest BCUT2D eigenvalue weighted by Crippen LogP contribution is -2.22. The monoisotopic (exact) mass is 259 g/mol. The van der Waals surface area contributed by atoms with Crippen LogP contribution in [0, 0.1) is 0 Å². The second-order valence-corrected chi connectivity index (χ2v) is 5.04. The van der Waals surface area contributed by atoms with E-state index in [0.29, 0.717) is 18.1 Å². The summed E-state index contributed by atoms with van der Waals surface area (Å²) in [5.74, 6) is 1.25. The van der Waals surface area contributed by atoms with Crippen LogP contribution in [-0.4, -0.2) is 26.3 Å². The van der Waals surface area contributed by atoms with Crippen LogP contribution in [0.5, 0.6) is 0 Å². The molecular weight excluding hydrogens is 242 g/mol. The van der Waals surface area contributed by atoms with Crippen molar-refractivity contribution in [3.05, 3.63) is 41.8 Å². The van der Waals surface area contributed by atoms with Crippen LogP contribution in [0.4, 0.5) is 0 Å². The molecule has 1 N–H and O–H groups in total. The summed E-state index contributed by atoms with van der Waals surface area (Å²) in [5.41, 5.74) is 1.10. The molecule has 2 heterocycles. The van der Waals surface area contributed by atoms with Gasteiger partial charge in [0.1, 0.15) is 0 Å². The quantitative estimate of drug-likeness (QED) is 0.913. The van der Waals surface area contributed by atoms with E-state index in [0.717, 1.165) is 31.2 Å². The maximum absolute atomic E-state index is 9.99. The van der Waals surface area contributed by atoms with Crippen molar-refractivity contribution in [2.24, 2.45) is 0 Å². The number of aliphatic hydroxyl groups is 1. The zero-order valence-corrected chi connectivity index (χ0v) is 10.7. The number of rotatable bonds is 3. The third-order valence-corrected chi connectivity index (χ3v) is 3.64. The van der Waals surface area contributed by atoms with Crippen LogP contribution in [0.3, 0.4) is 0 Å². The average Bonchev–Trinajstić information content (AvgIpc) is 2.89. The van der Waals surface area contributed by atoms with Gasteiger partial charge in [0, 0.05) is 18.8 Å². The first-order chi connectivity index (χ1) is 9.33. The third kappa shape index (κ3) is 2.81. The molecule has 2 unspecified atom stereocenters. The summed E-state index contributed by atoms with van der Waals surface area (Å²) >= 11 is 0. The summed E-state index contributed by atoms with van der Waals surface area (Å²) in [6.07, 6.45) is 7.74. The highest BCUT2D eigenvalue weighted by Gasteiger charge is 2.29. The SMILES string of the molecule is OC1CCCCC1c1nc(Cc2ccncc2)no1. The lowest BCUT2D eigenvalue weighted by molar-refractivity contribution is 0.0908. The number of hydrogen-bond acceptors (Lipinski definition) is 5. The summed E-state index contributed by atoms with van der Waals surface area (Å²) in [7, 11) is 0. The minimum absolute atomic E-state index is 0.00689. The molecule has 3 rings (SSSR count). The van der Waals surface area contributed by atoms with Gasteiger partial charge in [-0.1, -0.05) is 18.0 Å². The highest BCUT2D eigenvalue weighted by Crippen LogP contribution is 2.32. The molecular formula is C14H17N3O2. The fraction of sp³-hybridized carbons (Fsp3) is 0.500. The first kappa shape index (κ1) is 12.3. The van der Waals surface area contributed by atoms with E-state index < -0.39 is 0 Å². The Balaban J connectivity index is 1.72. The van der Waals surface area contributed by atoms with Crippen molar-refractivity contribution in [2.45, 2.75) is 44.1 Å². The predicted molar refractivity (Wildman–Crippen MR) is 68.6 cm³/mol. The Hall–Kier alpha value is -1.75. The molecule has 0 aliphatic heterocycles. The first-order valence-electron chi connectivity index (χ1n) is 6.72. The Bertz CT molecular complexity index is 526. The van der Waals surface area contributed by atoms with Crippen molar-refractivity contribution < 1.29 is 9.63 Å². The lowest BCUT2D eigenvalue weighted by Gasteiger charge is -2.24. The third-order valence-electron chi connectivity index (χ3n) is 3.64. The van der Waals surface area contributed by atoms with Crippen LogP contribution in [0.2, 0.25) is 0 Å². The van der Waals surface area contributed by atoms with E-state index in [-0.39, 0.29) is 12.0 Å². The number of hydrogen-bond donors (Lipinski definition) is 1. The highest BCUT2D eigenvalue weighted by atomic mass is 16.5. The second-order valence-electron chi connectivity index (χ2n) is 5.04. The van der Waals surface area contributed by atoms with Crippen molar-refractivity contribution in [3.63, 3.8) is 0 Å². The maximum Gasteiger partial charge on any atom is 0.232 e. The molecule has 1 aliphatic rings. The molecule has 0 radical (unpaired) electrons. The van der Waals surface area contributed by atoms with Gasteiger partial charge in [-0.25, -0.2) is 0 Å². The second kappa shape index (κ2) is 5.48. The van der Waals surface area contributed by atoms with Crippen LogP contribution in [0.15, 0.2) is 29.0 Å². The van der Waals surface area contributed by atoms with E-state index >= 15 is 0 Å². The number of nitrogens with zero attached hydrogens (tertiary/aromatic N) is 3. The van der Waals surface area contributed by atoms with Gasteiger partial charge in [-0.15, -0.1) is 0 Å². The van der Waals surface area contributed by atoms with E-state index in [1.807, 2.05) is 12.1 Å². The lowest BCUT2D eigenvalue weighted by atomic mass is 9.86. The summed E-state index contributed by atoms with van der Waals surface area (Å²) in [5, 5.41) is 14.0. The highest BCUT2D eigenvalue weighted by molar-refractivity contribution is 5.15. The molecule has 1 aliphatic carbocycles. The molecule has 0 amide bonds. The van der Waals surface area contributed by atoms with E-state index in [1.54, 1.807) is 12.4 Å². The van der Waals surface area contributed by atoms with E-state index in [1.165, 1.54) is 0 Å². The van der Waals surface area contributed by atoms with Gasteiger partial charge in [0.25, 0.3) is 0 Å². The van der Waals surface area contributed by atoms with Gasteiger partial charge in [0.05, 0.1) is 12.0 Å². The van der Waals surface area contributed by atoms with Crippen LogP contribution in [-0.2, 0) is 6.42 Å². The van der Waals surface area contributed by atoms with Gasteiger partial charge in [-0.2, -0.15) is 4.98 Å². The zero-order chi connectivity index (χ0) is 13.1. The normalized spacial score (nSPS) is 23.4. The summed E-state index contributed by atoms with van der Waals surface area (Å²) < 4.78 is 5.31. The molecule has 0 saturated heterocycles. The summed E-state index contributed by atoms with van der Waals surface area (Å²) in [6.45, 7) is 0. The minimum atomic E-state index is -0.344. The van der Waals surface area contributed by atoms with Gasteiger partial charge in [0.15, 0.2) is 5.82 Å². The van der Waals surface area contributed by atoms with Crippen LogP contribution in [0.25, 0.3) is 0 Å². The predicted octanol–water partition coefficient (Wildman–Crippen LogP) is 2.07. The summed E-state index contributed by atoms with van der Waals surface area (Å²) in [4.78, 5) is 8.40. The molecule has 2 atom stereocenters. The molecule has 19 heavy (non-hydrogen) atoms. The van der Waals surface area contributed by atoms with Gasteiger partial charge in [-0.3, -0.25) is 4.98 Å². The van der Waals surface area contributed by atoms with Gasteiger partial charge < -0.3 is 9.63 Å². The molecule has 2 aromatic rings. The molecule has 5 nitrogen and oxygen atoms in total. The van der Waals surface area contributed by atoms with Gasteiger partial charge >= 0.3 is 0 Å². The van der Waals surface area contributed by atoms with Crippen LogP contribution >= 0.6 is 0 Å². The Kier molecular flexibility index (Phi) is 3.55. The average molecular weight is 259 g/mol. The Morgan fingerprint density at radius 2 is 2.00 bits per heavy atom. The molecule has 1 fully saturated rings. The summed E-state index contributed by atoms with van der Waals surface area (Å²) in [6, 6.07) is 3.87. The number of pyridine rings is 1. The van der Waals surface area contributed by atoms with Gasteiger partial charge in [0.2, 0.25) is 5.89 Å². The van der Waals surface area contributed by atoms with E-state index in [2.05, 4.69) is 15.1 Å².